The van der Waals surface area contributed by atoms with Gasteiger partial charge in [-0.15, -0.1) is 0 Å². The second kappa shape index (κ2) is 7.23. The molecule has 5 heteroatoms. The predicted octanol–water partition coefficient (Wildman–Crippen LogP) is 4.97. The molecule has 3 rings (SSSR count). The van der Waals surface area contributed by atoms with Gasteiger partial charge in [-0.25, -0.2) is 0 Å². The van der Waals surface area contributed by atoms with E-state index >= 15 is 0 Å². The number of benzene rings is 2. The van der Waals surface area contributed by atoms with Crippen LogP contribution in [0.2, 0.25) is 0 Å². The van der Waals surface area contributed by atoms with E-state index in [0.717, 1.165) is 37.9 Å². The van der Waals surface area contributed by atoms with Crippen LogP contribution in [0.25, 0.3) is 10.9 Å². The summed E-state index contributed by atoms with van der Waals surface area (Å²) >= 11 is 3.51. The van der Waals surface area contributed by atoms with Gasteiger partial charge in [0.1, 0.15) is 0 Å². The molecule has 128 valence electrons. The summed E-state index contributed by atoms with van der Waals surface area (Å²) in [4.78, 5) is 16.8. The Morgan fingerprint density at radius 2 is 1.76 bits per heavy atom. The molecule has 1 aromatic heterocycles. The van der Waals surface area contributed by atoms with Crippen LogP contribution >= 0.6 is 15.9 Å². The molecule has 25 heavy (non-hydrogen) atoms. The molecular weight excluding hydrogens is 378 g/mol. The van der Waals surface area contributed by atoms with Gasteiger partial charge in [0.15, 0.2) is 0 Å². The SMILES string of the molecule is Cc1cc(C)c(NC(=O)CNc2c(Br)cnc3ccccc23)c(C)c1. The Bertz CT molecular complexity index is 930. The fourth-order valence-corrected chi connectivity index (χ4v) is 3.48. The van der Waals surface area contributed by atoms with Crippen molar-refractivity contribution in [3.05, 3.63) is 63.8 Å². The molecule has 4 nitrogen and oxygen atoms in total. The smallest absolute Gasteiger partial charge is 0.243 e. The number of carbonyl (C=O) groups is 1. The number of hydrogen-bond donors (Lipinski definition) is 2. The Balaban J connectivity index is 1.77. The normalized spacial score (nSPS) is 10.7. The van der Waals surface area contributed by atoms with Gasteiger partial charge in [-0.3, -0.25) is 9.78 Å². The maximum atomic E-state index is 12.4. The molecule has 0 radical (unpaired) electrons. The largest absolute Gasteiger partial charge is 0.375 e. The maximum absolute atomic E-state index is 12.4. The Hall–Kier alpha value is -2.40. The van der Waals surface area contributed by atoms with E-state index in [1.54, 1.807) is 6.20 Å². The number of hydrogen-bond acceptors (Lipinski definition) is 3. The monoisotopic (exact) mass is 397 g/mol. The van der Waals surface area contributed by atoms with Gasteiger partial charge in [-0.05, 0) is 53.9 Å². The molecule has 0 saturated heterocycles. The highest BCUT2D eigenvalue weighted by molar-refractivity contribution is 9.10. The van der Waals surface area contributed by atoms with Gasteiger partial charge >= 0.3 is 0 Å². The van der Waals surface area contributed by atoms with Crippen LogP contribution < -0.4 is 10.6 Å². The van der Waals surface area contributed by atoms with Crippen LogP contribution in [0.3, 0.4) is 0 Å². The van der Waals surface area contributed by atoms with Crippen molar-refractivity contribution in [2.75, 3.05) is 17.2 Å². The van der Waals surface area contributed by atoms with Crippen molar-refractivity contribution >= 4 is 44.1 Å². The Kier molecular flexibility index (Phi) is 5.04. The number of carbonyl (C=O) groups excluding carboxylic acids is 1. The average Bonchev–Trinajstić information content (AvgIpc) is 2.57. The van der Waals surface area contributed by atoms with Crippen LogP contribution in [-0.4, -0.2) is 17.4 Å². The molecule has 1 amide bonds. The number of nitrogens with one attached hydrogen (secondary N) is 2. The standard InChI is InChI=1S/C20H20BrN3O/c1-12-8-13(2)19(14(3)9-12)24-18(25)11-23-20-15-6-4-5-7-17(15)22-10-16(20)21/h4-10H,11H2,1-3H3,(H,22,23)(H,24,25). The van der Waals surface area contributed by atoms with E-state index in [4.69, 9.17) is 0 Å². The molecule has 0 aliphatic heterocycles. The van der Waals surface area contributed by atoms with Crippen LogP contribution in [-0.2, 0) is 4.79 Å². The first-order valence-electron chi connectivity index (χ1n) is 8.10. The lowest BCUT2D eigenvalue weighted by molar-refractivity contribution is -0.114. The van der Waals surface area contributed by atoms with Gasteiger partial charge in [0.2, 0.25) is 5.91 Å². The Labute approximate surface area is 155 Å². The molecule has 0 saturated carbocycles. The van der Waals surface area contributed by atoms with E-state index in [1.165, 1.54) is 5.56 Å². The molecule has 0 unspecified atom stereocenters. The number of aryl methyl sites for hydroxylation is 3. The lowest BCUT2D eigenvalue weighted by atomic mass is 10.1. The summed E-state index contributed by atoms with van der Waals surface area (Å²) < 4.78 is 0.835. The van der Waals surface area contributed by atoms with E-state index in [1.807, 2.05) is 38.1 Å². The van der Waals surface area contributed by atoms with Crippen molar-refractivity contribution in [1.82, 2.24) is 4.98 Å². The quantitative estimate of drug-likeness (QED) is 0.652. The topological polar surface area (TPSA) is 54.0 Å². The van der Waals surface area contributed by atoms with E-state index in [0.29, 0.717) is 0 Å². The molecule has 0 atom stereocenters. The number of anilines is 2. The van der Waals surface area contributed by atoms with E-state index < -0.39 is 0 Å². The molecule has 3 aromatic rings. The summed E-state index contributed by atoms with van der Waals surface area (Å²) in [5, 5.41) is 7.22. The third kappa shape index (κ3) is 3.82. The van der Waals surface area contributed by atoms with E-state index in [2.05, 4.69) is 50.6 Å². The second-order valence-corrected chi connectivity index (χ2v) is 7.03. The first kappa shape index (κ1) is 17.4. The number of fused-ring (bicyclic) bond motifs is 1. The van der Waals surface area contributed by atoms with Crippen molar-refractivity contribution in [1.29, 1.82) is 0 Å². The zero-order valence-electron chi connectivity index (χ0n) is 14.5. The third-order valence-corrected chi connectivity index (χ3v) is 4.70. The summed E-state index contributed by atoms with van der Waals surface area (Å²) in [7, 11) is 0. The average molecular weight is 398 g/mol. The Morgan fingerprint density at radius 1 is 1.08 bits per heavy atom. The van der Waals surface area contributed by atoms with Crippen molar-refractivity contribution in [2.45, 2.75) is 20.8 Å². The van der Waals surface area contributed by atoms with Crippen LogP contribution in [0, 0.1) is 20.8 Å². The van der Waals surface area contributed by atoms with Crippen molar-refractivity contribution in [2.24, 2.45) is 0 Å². The summed E-state index contributed by atoms with van der Waals surface area (Å²) in [5.41, 5.74) is 5.98. The zero-order valence-corrected chi connectivity index (χ0v) is 16.1. The number of nitrogens with zero attached hydrogens (tertiary/aromatic N) is 1. The highest BCUT2D eigenvalue weighted by Crippen LogP contribution is 2.29. The fourth-order valence-electron chi connectivity index (χ4n) is 3.03. The summed E-state index contributed by atoms with van der Waals surface area (Å²) in [5.74, 6) is -0.0807. The number of rotatable bonds is 4. The molecule has 0 aliphatic rings. The molecule has 0 fully saturated rings. The van der Waals surface area contributed by atoms with Crippen molar-refractivity contribution in [3.63, 3.8) is 0 Å². The van der Waals surface area contributed by atoms with Gasteiger partial charge in [-0.1, -0.05) is 35.9 Å². The predicted molar refractivity (Wildman–Crippen MR) is 107 cm³/mol. The lowest BCUT2D eigenvalue weighted by Gasteiger charge is -2.15. The van der Waals surface area contributed by atoms with Crippen LogP contribution in [0.5, 0.6) is 0 Å². The number of halogens is 1. The van der Waals surface area contributed by atoms with E-state index in [-0.39, 0.29) is 12.5 Å². The van der Waals surface area contributed by atoms with Gasteiger partial charge in [0, 0.05) is 17.3 Å². The number of aromatic nitrogens is 1. The van der Waals surface area contributed by atoms with E-state index in [9.17, 15) is 4.79 Å². The third-order valence-electron chi connectivity index (χ3n) is 4.10. The first-order valence-corrected chi connectivity index (χ1v) is 8.90. The van der Waals surface area contributed by atoms with Gasteiger partial charge < -0.3 is 10.6 Å². The molecule has 0 bridgehead atoms. The molecule has 0 spiro atoms. The number of pyridine rings is 1. The molecule has 2 N–H and O–H groups in total. The Morgan fingerprint density at radius 3 is 2.48 bits per heavy atom. The van der Waals surface area contributed by atoms with Crippen LogP contribution in [0.4, 0.5) is 11.4 Å². The van der Waals surface area contributed by atoms with Gasteiger partial charge in [0.05, 0.1) is 22.2 Å². The summed E-state index contributed by atoms with van der Waals surface area (Å²) in [6.07, 6.45) is 1.75. The minimum absolute atomic E-state index is 0.0807. The van der Waals surface area contributed by atoms with Crippen molar-refractivity contribution in [3.8, 4) is 0 Å². The summed E-state index contributed by atoms with van der Waals surface area (Å²) in [6, 6.07) is 12.0. The summed E-state index contributed by atoms with van der Waals surface area (Å²) in [6.45, 7) is 6.25. The lowest BCUT2D eigenvalue weighted by Crippen LogP contribution is -2.23. The molecule has 0 aliphatic carbocycles. The fraction of sp³-hybridized carbons (Fsp3) is 0.200. The maximum Gasteiger partial charge on any atom is 0.243 e. The van der Waals surface area contributed by atoms with Gasteiger partial charge in [-0.2, -0.15) is 0 Å². The van der Waals surface area contributed by atoms with Gasteiger partial charge in [0.25, 0.3) is 0 Å². The highest BCUT2D eigenvalue weighted by atomic mass is 79.9. The number of para-hydroxylation sites is 1. The minimum Gasteiger partial charge on any atom is -0.375 e. The van der Waals surface area contributed by atoms with Crippen LogP contribution in [0.1, 0.15) is 16.7 Å². The molecule has 1 heterocycles. The minimum atomic E-state index is -0.0807. The van der Waals surface area contributed by atoms with Crippen LogP contribution in [0.15, 0.2) is 47.1 Å². The molecule has 2 aromatic carbocycles. The number of amides is 1. The zero-order chi connectivity index (χ0) is 18.0. The first-order chi connectivity index (χ1) is 12.0. The second-order valence-electron chi connectivity index (χ2n) is 6.17. The molecular formula is C20H20BrN3O. The van der Waals surface area contributed by atoms with Crippen molar-refractivity contribution < 1.29 is 4.79 Å². The highest BCUT2D eigenvalue weighted by Gasteiger charge is 2.11.